The SMILES string of the molecule is ClC/C=C(\Cl)CC=C(Cl)Cl. The first-order chi connectivity index (χ1) is 4.66. The molecule has 4 heteroatoms. The minimum Gasteiger partial charge on any atom is -0.122 e. The molecule has 0 nitrogen and oxygen atoms in total. The lowest BCUT2D eigenvalue weighted by Gasteiger charge is -1.89. The normalized spacial score (nSPS) is 11.4. The maximum absolute atomic E-state index is 5.64. The van der Waals surface area contributed by atoms with Crippen molar-refractivity contribution in [3.8, 4) is 0 Å². The lowest BCUT2D eigenvalue weighted by molar-refractivity contribution is 1.34. The monoisotopic (exact) mass is 218 g/mol. The third-order valence-corrected chi connectivity index (χ3v) is 1.52. The summed E-state index contributed by atoms with van der Waals surface area (Å²) >= 11 is 21.7. The molecular weight excluding hydrogens is 214 g/mol. The van der Waals surface area contributed by atoms with Crippen LogP contribution in [-0.2, 0) is 0 Å². The van der Waals surface area contributed by atoms with Crippen molar-refractivity contribution < 1.29 is 0 Å². The van der Waals surface area contributed by atoms with Crippen molar-refractivity contribution in [2.75, 3.05) is 5.88 Å². The molecule has 0 radical (unpaired) electrons. The highest BCUT2D eigenvalue weighted by Crippen LogP contribution is 2.14. The molecule has 0 N–H and O–H groups in total. The Balaban J connectivity index is 3.69. The Kier molecular flexibility index (Phi) is 6.76. The largest absolute Gasteiger partial charge is 0.122 e. The second kappa shape index (κ2) is 6.36. The van der Waals surface area contributed by atoms with E-state index in [1.807, 2.05) is 0 Å². The van der Waals surface area contributed by atoms with Crippen LogP contribution in [0.1, 0.15) is 6.42 Å². The Labute approximate surface area is 80.4 Å². The van der Waals surface area contributed by atoms with Crippen LogP contribution in [0.4, 0.5) is 0 Å². The summed E-state index contributed by atoms with van der Waals surface area (Å²) in [4.78, 5) is 0. The van der Waals surface area contributed by atoms with Gasteiger partial charge in [0.15, 0.2) is 0 Å². The third-order valence-electron chi connectivity index (χ3n) is 0.750. The number of hydrogen-bond donors (Lipinski definition) is 0. The summed E-state index contributed by atoms with van der Waals surface area (Å²) < 4.78 is 0.223. The van der Waals surface area contributed by atoms with Crippen LogP contribution in [-0.4, -0.2) is 5.88 Å². The second-order valence-corrected chi connectivity index (χ2v) is 3.31. The minimum atomic E-state index is 0.223. The van der Waals surface area contributed by atoms with Crippen LogP contribution in [0.5, 0.6) is 0 Å². The molecule has 0 aliphatic heterocycles. The van der Waals surface area contributed by atoms with Crippen LogP contribution in [0, 0.1) is 0 Å². The fourth-order valence-corrected chi connectivity index (χ4v) is 0.916. The van der Waals surface area contributed by atoms with Gasteiger partial charge >= 0.3 is 0 Å². The Hall–Kier alpha value is 0.640. The van der Waals surface area contributed by atoms with E-state index in [1.165, 1.54) is 0 Å². The molecule has 0 fully saturated rings. The van der Waals surface area contributed by atoms with E-state index in [2.05, 4.69) is 0 Å². The van der Waals surface area contributed by atoms with E-state index in [9.17, 15) is 0 Å². The second-order valence-electron chi connectivity index (χ2n) is 1.50. The molecule has 0 aliphatic rings. The fourth-order valence-electron chi connectivity index (χ4n) is 0.342. The molecule has 10 heavy (non-hydrogen) atoms. The molecule has 0 aromatic heterocycles. The van der Waals surface area contributed by atoms with Crippen molar-refractivity contribution in [2.24, 2.45) is 0 Å². The first kappa shape index (κ1) is 10.6. The van der Waals surface area contributed by atoms with Gasteiger partial charge in [-0.05, 0) is 6.08 Å². The predicted molar refractivity (Wildman–Crippen MR) is 49.1 cm³/mol. The van der Waals surface area contributed by atoms with Crippen molar-refractivity contribution in [1.82, 2.24) is 0 Å². The van der Waals surface area contributed by atoms with Gasteiger partial charge in [-0.2, -0.15) is 0 Å². The minimum absolute atomic E-state index is 0.223. The number of allylic oxidation sites excluding steroid dienone is 3. The van der Waals surface area contributed by atoms with Gasteiger partial charge in [0.25, 0.3) is 0 Å². The van der Waals surface area contributed by atoms with E-state index in [4.69, 9.17) is 46.4 Å². The number of hydrogen-bond acceptors (Lipinski definition) is 0. The zero-order valence-corrected chi connectivity index (χ0v) is 8.10. The fraction of sp³-hybridized carbons (Fsp3) is 0.333. The van der Waals surface area contributed by atoms with E-state index in [-0.39, 0.29) is 4.49 Å². The molecule has 0 aromatic carbocycles. The van der Waals surface area contributed by atoms with Gasteiger partial charge in [0.1, 0.15) is 4.49 Å². The standard InChI is InChI=1S/C6H6Cl4/c7-4-3-5(8)1-2-6(9)10/h2-3H,1,4H2/b5-3-. The molecule has 0 saturated carbocycles. The van der Waals surface area contributed by atoms with Crippen molar-refractivity contribution >= 4 is 46.4 Å². The van der Waals surface area contributed by atoms with Crippen molar-refractivity contribution in [3.05, 3.63) is 21.7 Å². The van der Waals surface area contributed by atoms with Gasteiger partial charge in [-0.1, -0.05) is 40.9 Å². The molecule has 0 unspecified atom stereocenters. The molecule has 0 aromatic rings. The molecule has 0 heterocycles. The Morgan fingerprint density at radius 1 is 1.10 bits per heavy atom. The topological polar surface area (TPSA) is 0 Å². The lowest BCUT2D eigenvalue weighted by atomic mass is 10.4. The molecule has 0 saturated heterocycles. The summed E-state index contributed by atoms with van der Waals surface area (Å²) in [5, 5.41) is 0.647. The van der Waals surface area contributed by atoms with E-state index >= 15 is 0 Å². The molecule has 0 atom stereocenters. The van der Waals surface area contributed by atoms with Gasteiger partial charge in [-0.15, -0.1) is 11.6 Å². The van der Waals surface area contributed by atoms with Crippen LogP contribution in [0.2, 0.25) is 0 Å². The van der Waals surface area contributed by atoms with Crippen molar-refractivity contribution in [2.45, 2.75) is 6.42 Å². The Bertz CT molecular complexity index is 144. The Morgan fingerprint density at radius 2 is 1.70 bits per heavy atom. The molecule has 0 bridgehead atoms. The lowest BCUT2D eigenvalue weighted by Crippen LogP contribution is -1.70. The summed E-state index contributed by atoms with van der Waals surface area (Å²) in [6, 6.07) is 0. The van der Waals surface area contributed by atoms with Gasteiger partial charge in [0, 0.05) is 17.3 Å². The van der Waals surface area contributed by atoms with Gasteiger partial charge in [-0.25, -0.2) is 0 Å². The quantitative estimate of drug-likeness (QED) is 0.629. The molecular formula is C6H6Cl4. The Morgan fingerprint density at radius 3 is 2.10 bits per heavy atom. The summed E-state index contributed by atoms with van der Waals surface area (Å²) in [5.74, 6) is 0.409. The molecule has 0 spiro atoms. The third kappa shape index (κ3) is 6.76. The smallest absolute Gasteiger partial charge is 0.103 e. The van der Waals surface area contributed by atoms with Gasteiger partial charge in [0.2, 0.25) is 0 Å². The number of rotatable bonds is 3. The summed E-state index contributed by atoms with van der Waals surface area (Å²) in [6.07, 6.45) is 3.83. The van der Waals surface area contributed by atoms with Crippen LogP contribution < -0.4 is 0 Å². The average molecular weight is 220 g/mol. The van der Waals surface area contributed by atoms with E-state index in [0.29, 0.717) is 17.3 Å². The van der Waals surface area contributed by atoms with Gasteiger partial charge < -0.3 is 0 Å². The number of alkyl halides is 1. The maximum atomic E-state index is 5.64. The van der Waals surface area contributed by atoms with Crippen molar-refractivity contribution in [1.29, 1.82) is 0 Å². The maximum Gasteiger partial charge on any atom is 0.103 e. The van der Waals surface area contributed by atoms with Crippen LogP contribution in [0.25, 0.3) is 0 Å². The van der Waals surface area contributed by atoms with E-state index in [1.54, 1.807) is 12.2 Å². The van der Waals surface area contributed by atoms with Crippen LogP contribution in [0.3, 0.4) is 0 Å². The number of halogens is 4. The van der Waals surface area contributed by atoms with E-state index in [0.717, 1.165) is 0 Å². The zero-order chi connectivity index (χ0) is 7.98. The molecule has 0 aliphatic carbocycles. The van der Waals surface area contributed by atoms with E-state index < -0.39 is 0 Å². The zero-order valence-electron chi connectivity index (χ0n) is 5.08. The van der Waals surface area contributed by atoms with Crippen LogP contribution >= 0.6 is 46.4 Å². The predicted octanol–water partition coefficient (Wildman–Crippen LogP) is 4.06. The average Bonchev–Trinajstić information content (AvgIpc) is 1.85. The van der Waals surface area contributed by atoms with Crippen molar-refractivity contribution in [3.63, 3.8) is 0 Å². The summed E-state index contributed by atoms with van der Waals surface area (Å²) in [5.41, 5.74) is 0. The van der Waals surface area contributed by atoms with Crippen LogP contribution in [0.15, 0.2) is 21.7 Å². The molecule has 0 amide bonds. The molecule has 0 rings (SSSR count). The summed E-state index contributed by atoms with van der Waals surface area (Å²) in [6.45, 7) is 0. The van der Waals surface area contributed by atoms with Gasteiger partial charge in [0.05, 0.1) is 0 Å². The molecule has 58 valence electrons. The summed E-state index contributed by atoms with van der Waals surface area (Å²) in [7, 11) is 0. The highest BCUT2D eigenvalue weighted by molar-refractivity contribution is 6.55. The highest BCUT2D eigenvalue weighted by atomic mass is 35.5. The highest BCUT2D eigenvalue weighted by Gasteiger charge is 1.88. The first-order valence-corrected chi connectivity index (χ1v) is 4.25. The first-order valence-electron chi connectivity index (χ1n) is 2.58. The van der Waals surface area contributed by atoms with Gasteiger partial charge in [-0.3, -0.25) is 0 Å².